The zero-order valence-electron chi connectivity index (χ0n) is 9.42. The van der Waals surface area contributed by atoms with E-state index < -0.39 is 17.4 Å². The zero-order valence-corrected chi connectivity index (χ0v) is 9.42. The second-order valence-electron chi connectivity index (χ2n) is 3.67. The van der Waals surface area contributed by atoms with Crippen LogP contribution in [0, 0.1) is 0 Å². The summed E-state index contributed by atoms with van der Waals surface area (Å²) in [6.45, 7) is 9.00. The van der Waals surface area contributed by atoms with Gasteiger partial charge < -0.3 is 10.5 Å². The highest BCUT2D eigenvalue weighted by Gasteiger charge is 2.24. The van der Waals surface area contributed by atoms with Crippen molar-refractivity contribution >= 4 is 11.9 Å². The quantitative estimate of drug-likeness (QED) is 0.480. The molecule has 0 rings (SSSR count). The molecule has 0 aromatic rings. The first-order valence-electron chi connectivity index (χ1n) is 4.71. The van der Waals surface area contributed by atoms with Gasteiger partial charge in [-0.2, -0.15) is 0 Å². The number of hydrogen-bond acceptors (Lipinski definition) is 4. The molecule has 0 aliphatic carbocycles. The van der Waals surface area contributed by atoms with Gasteiger partial charge in [0.2, 0.25) is 5.91 Å². The van der Waals surface area contributed by atoms with Crippen LogP contribution in [-0.2, 0) is 14.3 Å². The van der Waals surface area contributed by atoms with Gasteiger partial charge in [0.15, 0.2) is 0 Å². The van der Waals surface area contributed by atoms with Gasteiger partial charge >= 0.3 is 5.97 Å². The molecule has 0 aliphatic rings. The molecule has 0 atom stereocenters. The molecule has 0 aliphatic heterocycles. The van der Waals surface area contributed by atoms with Crippen LogP contribution >= 0.6 is 0 Å². The number of esters is 1. The highest BCUT2D eigenvalue weighted by Crippen LogP contribution is 2.02. The average Bonchev–Trinajstić information content (AvgIpc) is 2.14. The number of nitrogens with two attached hydrogens (primary N) is 1. The number of carbonyl (C=O) groups is 2. The molecule has 3 N–H and O–H groups in total. The Hall–Kier alpha value is -1.36. The van der Waals surface area contributed by atoms with Crippen molar-refractivity contribution in [2.45, 2.75) is 26.3 Å². The predicted molar refractivity (Wildman–Crippen MR) is 57.0 cm³/mol. The topological polar surface area (TPSA) is 81.4 Å². The number of rotatable bonds is 6. The second kappa shape index (κ2) is 5.50. The lowest BCUT2D eigenvalue weighted by Crippen LogP contribution is -2.51. The van der Waals surface area contributed by atoms with E-state index in [1.807, 2.05) is 0 Å². The summed E-state index contributed by atoms with van der Waals surface area (Å²) in [4.78, 5) is 22.1. The molecule has 0 aromatic heterocycles. The van der Waals surface area contributed by atoms with Gasteiger partial charge in [-0.15, -0.1) is 0 Å². The van der Waals surface area contributed by atoms with E-state index in [-0.39, 0.29) is 12.1 Å². The van der Waals surface area contributed by atoms with Crippen LogP contribution in [0.25, 0.3) is 0 Å². The highest BCUT2D eigenvalue weighted by atomic mass is 16.5. The maximum Gasteiger partial charge on any atom is 0.334 e. The predicted octanol–water partition coefficient (Wildman–Crippen LogP) is -0.0408. The number of primary amides is 1. The molecule has 0 saturated carbocycles. The summed E-state index contributed by atoms with van der Waals surface area (Å²) >= 11 is 0. The van der Waals surface area contributed by atoms with Gasteiger partial charge in [0.05, 0.1) is 12.1 Å². The normalized spacial score (nSPS) is 10.9. The monoisotopic (exact) mass is 214 g/mol. The van der Waals surface area contributed by atoms with Gasteiger partial charge in [0.25, 0.3) is 0 Å². The summed E-state index contributed by atoms with van der Waals surface area (Å²) in [5, 5.41) is 2.82. The minimum Gasteiger partial charge on any atom is -0.463 e. The first kappa shape index (κ1) is 13.6. The van der Waals surface area contributed by atoms with Crippen molar-refractivity contribution in [3.63, 3.8) is 0 Å². The van der Waals surface area contributed by atoms with E-state index >= 15 is 0 Å². The fourth-order valence-electron chi connectivity index (χ4n) is 0.720. The largest absolute Gasteiger partial charge is 0.463 e. The van der Waals surface area contributed by atoms with E-state index in [2.05, 4.69) is 11.9 Å². The number of amides is 1. The molecular formula is C10H18N2O3. The second-order valence-corrected chi connectivity index (χ2v) is 3.67. The Morgan fingerprint density at radius 1 is 1.47 bits per heavy atom. The molecule has 0 heterocycles. The van der Waals surface area contributed by atoms with Gasteiger partial charge in [-0.1, -0.05) is 6.58 Å². The first-order chi connectivity index (χ1) is 6.81. The zero-order chi connectivity index (χ0) is 12.1. The number of nitrogens with one attached hydrogen (secondary N) is 1. The Kier molecular flexibility index (Phi) is 5.00. The van der Waals surface area contributed by atoms with Crippen LogP contribution in [0.15, 0.2) is 12.2 Å². The third kappa shape index (κ3) is 4.60. The number of hydrogen-bond donors (Lipinski definition) is 2. The summed E-state index contributed by atoms with van der Waals surface area (Å²) < 4.78 is 4.73. The SMILES string of the molecule is C=C(CNC(C)(C)C(N)=O)C(=O)OCC. The van der Waals surface area contributed by atoms with Crippen molar-refractivity contribution < 1.29 is 14.3 Å². The summed E-state index contributed by atoms with van der Waals surface area (Å²) in [6, 6.07) is 0. The summed E-state index contributed by atoms with van der Waals surface area (Å²) in [5.41, 5.74) is 4.55. The lowest BCUT2D eigenvalue weighted by atomic mass is 10.0. The van der Waals surface area contributed by atoms with Crippen molar-refractivity contribution in [1.29, 1.82) is 0 Å². The number of ether oxygens (including phenoxy) is 1. The van der Waals surface area contributed by atoms with Crippen LogP contribution in [-0.4, -0.2) is 30.6 Å². The van der Waals surface area contributed by atoms with Gasteiger partial charge in [0, 0.05) is 12.1 Å². The van der Waals surface area contributed by atoms with Crippen LogP contribution < -0.4 is 11.1 Å². The minimum absolute atomic E-state index is 0.175. The van der Waals surface area contributed by atoms with E-state index in [0.717, 1.165) is 0 Å². The maximum absolute atomic E-state index is 11.2. The van der Waals surface area contributed by atoms with Gasteiger partial charge in [-0.05, 0) is 20.8 Å². The van der Waals surface area contributed by atoms with Crippen LogP contribution in [0.3, 0.4) is 0 Å². The van der Waals surface area contributed by atoms with Crippen LogP contribution in [0.5, 0.6) is 0 Å². The Morgan fingerprint density at radius 3 is 2.40 bits per heavy atom. The average molecular weight is 214 g/mol. The molecule has 15 heavy (non-hydrogen) atoms. The fraction of sp³-hybridized carbons (Fsp3) is 0.600. The molecule has 0 saturated heterocycles. The molecule has 5 nitrogen and oxygen atoms in total. The Labute approximate surface area is 89.7 Å². The summed E-state index contributed by atoms with van der Waals surface area (Å²) in [5.74, 6) is -0.954. The molecule has 0 spiro atoms. The molecule has 0 aromatic carbocycles. The van der Waals surface area contributed by atoms with Crippen molar-refractivity contribution in [2.75, 3.05) is 13.2 Å². The Morgan fingerprint density at radius 2 is 2.00 bits per heavy atom. The van der Waals surface area contributed by atoms with Crippen molar-refractivity contribution in [3.8, 4) is 0 Å². The van der Waals surface area contributed by atoms with Crippen LogP contribution in [0.2, 0.25) is 0 Å². The molecule has 1 amide bonds. The summed E-state index contributed by atoms with van der Waals surface area (Å²) in [6.07, 6.45) is 0. The smallest absolute Gasteiger partial charge is 0.334 e. The minimum atomic E-state index is -0.866. The lowest BCUT2D eigenvalue weighted by Gasteiger charge is -2.22. The first-order valence-corrected chi connectivity index (χ1v) is 4.71. The van der Waals surface area contributed by atoms with Crippen molar-refractivity contribution in [3.05, 3.63) is 12.2 Å². The molecule has 0 unspecified atom stereocenters. The molecule has 86 valence electrons. The highest BCUT2D eigenvalue weighted by molar-refractivity contribution is 5.88. The van der Waals surface area contributed by atoms with E-state index in [1.165, 1.54) is 0 Å². The van der Waals surface area contributed by atoms with Crippen molar-refractivity contribution in [2.24, 2.45) is 5.73 Å². The molecule has 5 heteroatoms. The van der Waals surface area contributed by atoms with Gasteiger partial charge in [-0.3, -0.25) is 10.1 Å². The van der Waals surface area contributed by atoms with E-state index in [0.29, 0.717) is 6.61 Å². The standard InChI is InChI=1S/C10H18N2O3/c1-5-15-8(13)7(2)6-12-10(3,4)9(11)14/h12H,2,5-6H2,1,3-4H3,(H2,11,14). The summed E-state index contributed by atoms with van der Waals surface area (Å²) in [7, 11) is 0. The third-order valence-electron chi connectivity index (χ3n) is 1.92. The Bertz CT molecular complexity index is 272. The Balaban J connectivity index is 4.11. The molecular weight excluding hydrogens is 196 g/mol. The van der Waals surface area contributed by atoms with Crippen LogP contribution in [0.1, 0.15) is 20.8 Å². The molecule has 0 bridgehead atoms. The van der Waals surface area contributed by atoms with Gasteiger partial charge in [-0.25, -0.2) is 4.79 Å². The van der Waals surface area contributed by atoms with E-state index in [9.17, 15) is 9.59 Å². The molecule has 0 fully saturated rings. The lowest BCUT2D eigenvalue weighted by molar-refractivity contribution is -0.138. The van der Waals surface area contributed by atoms with Crippen LogP contribution in [0.4, 0.5) is 0 Å². The van der Waals surface area contributed by atoms with Crippen molar-refractivity contribution in [1.82, 2.24) is 5.32 Å². The van der Waals surface area contributed by atoms with E-state index in [4.69, 9.17) is 10.5 Å². The maximum atomic E-state index is 11.2. The number of carbonyl (C=O) groups excluding carboxylic acids is 2. The fourth-order valence-corrected chi connectivity index (χ4v) is 0.720. The van der Waals surface area contributed by atoms with Gasteiger partial charge in [0.1, 0.15) is 0 Å². The van der Waals surface area contributed by atoms with E-state index in [1.54, 1.807) is 20.8 Å². The molecule has 0 radical (unpaired) electrons. The third-order valence-corrected chi connectivity index (χ3v) is 1.92.